The minimum atomic E-state index is -3.76. The fourth-order valence-electron chi connectivity index (χ4n) is 2.78. The zero-order valence-corrected chi connectivity index (χ0v) is 17.3. The standard InChI is InChI=1S/C19H18N4O5S2/c24-17(16-2-1-8-20-18(16)28-14-7-10-27-12-14)22-13-3-5-15(6-4-13)30(25,26)23-19-21-9-11-29-19/h1-6,8-9,11,14H,7,10,12H2,(H,21,23)(H,22,24)/t14-/m1/s1. The minimum absolute atomic E-state index is 0.0577. The highest BCUT2D eigenvalue weighted by Crippen LogP contribution is 2.22. The third-order valence-electron chi connectivity index (χ3n) is 4.26. The van der Waals surface area contributed by atoms with Crippen LogP contribution in [0.15, 0.2) is 59.1 Å². The molecule has 1 aliphatic heterocycles. The lowest BCUT2D eigenvalue weighted by molar-refractivity contribution is 0.101. The Bertz CT molecular complexity index is 1110. The van der Waals surface area contributed by atoms with Crippen molar-refractivity contribution >= 4 is 38.1 Å². The summed E-state index contributed by atoms with van der Waals surface area (Å²) in [7, 11) is -3.76. The highest BCUT2D eigenvalue weighted by molar-refractivity contribution is 7.93. The van der Waals surface area contributed by atoms with Gasteiger partial charge in [-0.3, -0.25) is 9.52 Å². The predicted molar refractivity (Wildman–Crippen MR) is 111 cm³/mol. The molecule has 1 saturated heterocycles. The average Bonchev–Trinajstić information content (AvgIpc) is 3.43. The van der Waals surface area contributed by atoms with Crippen LogP contribution in [0.25, 0.3) is 0 Å². The Balaban J connectivity index is 1.45. The molecule has 2 N–H and O–H groups in total. The molecule has 9 nitrogen and oxygen atoms in total. The first kappa shape index (κ1) is 20.3. The van der Waals surface area contributed by atoms with E-state index in [-0.39, 0.29) is 27.6 Å². The van der Waals surface area contributed by atoms with E-state index in [1.54, 1.807) is 23.7 Å². The van der Waals surface area contributed by atoms with Gasteiger partial charge in [0.15, 0.2) is 5.13 Å². The van der Waals surface area contributed by atoms with Crippen LogP contribution in [-0.4, -0.2) is 43.6 Å². The molecular formula is C19H18N4O5S2. The van der Waals surface area contributed by atoms with Gasteiger partial charge in [-0.05, 0) is 36.4 Å². The second kappa shape index (κ2) is 8.78. The summed E-state index contributed by atoms with van der Waals surface area (Å²) in [4.78, 5) is 20.8. The summed E-state index contributed by atoms with van der Waals surface area (Å²) in [6.07, 6.45) is 3.66. The summed E-state index contributed by atoms with van der Waals surface area (Å²) in [6, 6.07) is 9.09. The van der Waals surface area contributed by atoms with Gasteiger partial charge >= 0.3 is 0 Å². The van der Waals surface area contributed by atoms with Gasteiger partial charge in [-0.1, -0.05) is 0 Å². The number of nitrogens with one attached hydrogen (secondary N) is 2. The van der Waals surface area contributed by atoms with E-state index >= 15 is 0 Å². The molecular weight excluding hydrogens is 428 g/mol. The molecule has 11 heteroatoms. The molecule has 2 aromatic heterocycles. The number of thiazole rings is 1. The normalized spacial score (nSPS) is 16.2. The number of hydrogen-bond acceptors (Lipinski definition) is 8. The number of pyridine rings is 1. The fourth-order valence-corrected chi connectivity index (χ4v) is 4.57. The Kier molecular flexibility index (Phi) is 5.93. The van der Waals surface area contributed by atoms with Crippen molar-refractivity contribution in [1.82, 2.24) is 9.97 Å². The quantitative estimate of drug-likeness (QED) is 0.573. The van der Waals surface area contributed by atoms with E-state index in [0.29, 0.717) is 18.9 Å². The van der Waals surface area contributed by atoms with Gasteiger partial charge in [-0.2, -0.15) is 0 Å². The molecule has 1 aliphatic rings. The number of hydrogen-bond donors (Lipinski definition) is 2. The topological polar surface area (TPSA) is 120 Å². The number of carbonyl (C=O) groups is 1. The van der Waals surface area contributed by atoms with Crippen molar-refractivity contribution < 1.29 is 22.7 Å². The second-order valence-electron chi connectivity index (χ2n) is 6.38. The first-order valence-corrected chi connectivity index (χ1v) is 11.4. The van der Waals surface area contributed by atoms with Crippen molar-refractivity contribution in [3.8, 4) is 5.88 Å². The molecule has 1 atom stereocenters. The zero-order chi connectivity index (χ0) is 21.0. The highest BCUT2D eigenvalue weighted by atomic mass is 32.2. The summed E-state index contributed by atoms with van der Waals surface area (Å²) in [5.41, 5.74) is 0.721. The molecule has 1 amide bonds. The molecule has 1 fully saturated rings. The van der Waals surface area contributed by atoms with Crippen LogP contribution in [0.4, 0.5) is 10.8 Å². The van der Waals surface area contributed by atoms with E-state index in [9.17, 15) is 13.2 Å². The summed E-state index contributed by atoms with van der Waals surface area (Å²) in [5.74, 6) is -0.175. The lowest BCUT2D eigenvalue weighted by Gasteiger charge is -2.14. The number of rotatable bonds is 7. The van der Waals surface area contributed by atoms with Crippen LogP contribution in [0.1, 0.15) is 16.8 Å². The van der Waals surface area contributed by atoms with Crippen LogP contribution < -0.4 is 14.8 Å². The summed E-state index contributed by atoms with van der Waals surface area (Å²) in [6.45, 7) is 1.08. The fraction of sp³-hybridized carbons (Fsp3) is 0.211. The predicted octanol–water partition coefficient (Wildman–Crippen LogP) is 2.76. The van der Waals surface area contributed by atoms with Crippen LogP contribution >= 0.6 is 11.3 Å². The van der Waals surface area contributed by atoms with E-state index in [2.05, 4.69) is 20.0 Å². The van der Waals surface area contributed by atoms with E-state index in [4.69, 9.17) is 9.47 Å². The molecule has 0 spiro atoms. The second-order valence-corrected chi connectivity index (χ2v) is 8.96. The first-order valence-electron chi connectivity index (χ1n) is 9.04. The van der Waals surface area contributed by atoms with Crippen molar-refractivity contribution in [3.63, 3.8) is 0 Å². The largest absolute Gasteiger partial charge is 0.471 e. The lowest BCUT2D eigenvalue weighted by atomic mass is 10.2. The molecule has 4 rings (SSSR count). The van der Waals surface area contributed by atoms with Crippen LogP contribution in [0.3, 0.4) is 0 Å². The van der Waals surface area contributed by atoms with Gasteiger partial charge < -0.3 is 14.8 Å². The van der Waals surface area contributed by atoms with Crippen LogP contribution in [0.2, 0.25) is 0 Å². The highest BCUT2D eigenvalue weighted by Gasteiger charge is 2.22. The number of aromatic nitrogens is 2. The SMILES string of the molecule is O=C(Nc1ccc(S(=O)(=O)Nc2nccs2)cc1)c1cccnc1O[C@@H]1CCOC1. The van der Waals surface area contributed by atoms with Crippen molar-refractivity contribution in [2.24, 2.45) is 0 Å². The van der Waals surface area contributed by atoms with Crippen molar-refractivity contribution in [2.75, 3.05) is 23.3 Å². The molecule has 1 aromatic carbocycles. The van der Waals surface area contributed by atoms with Crippen LogP contribution in [0.5, 0.6) is 5.88 Å². The summed E-state index contributed by atoms with van der Waals surface area (Å²) >= 11 is 1.18. The van der Waals surface area contributed by atoms with E-state index in [1.807, 2.05) is 0 Å². The van der Waals surface area contributed by atoms with Gasteiger partial charge in [-0.15, -0.1) is 11.3 Å². The molecule has 0 unspecified atom stereocenters. The molecule has 3 heterocycles. The molecule has 0 aliphatic carbocycles. The molecule has 0 bridgehead atoms. The number of amides is 1. The lowest BCUT2D eigenvalue weighted by Crippen LogP contribution is -2.20. The summed E-state index contributed by atoms with van der Waals surface area (Å²) < 4.78 is 38.3. The molecule has 0 saturated carbocycles. The number of anilines is 2. The van der Waals surface area contributed by atoms with Gasteiger partial charge in [0.2, 0.25) is 5.88 Å². The van der Waals surface area contributed by atoms with Crippen molar-refractivity contribution in [1.29, 1.82) is 0 Å². The maximum absolute atomic E-state index is 12.7. The maximum Gasteiger partial charge on any atom is 0.263 e. The first-order chi connectivity index (χ1) is 14.5. The Hall–Kier alpha value is -3.02. The Morgan fingerprint density at radius 3 is 2.70 bits per heavy atom. The molecule has 156 valence electrons. The Morgan fingerprint density at radius 1 is 1.17 bits per heavy atom. The summed E-state index contributed by atoms with van der Waals surface area (Å²) in [5, 5.41) is 4.69. The zero-order valence-electron chi connectivity index (χ0n) is 15.6. The van der Waals surface area contributed by atoms with Gasteiger partial charge in [-0.25, -0.2) is 18.4 Å². The van der Waals surface area contributed by atoms with E-state index < -0.39 is 15.9 Å². The van der Waals surface area contributed by atoms with Crippen LogP contribution in [-0.2, 0) is 14.8 Å². The molecule has 0 radical (unpaired) electrons. The van der Waals surface area contributed by atoms with Gasteiger partial charge in [0.25, 0.3) is 15.9 Å². The number of carbonyl (C=O) groups excluding carboxylic acids is 1. The molecule has 30 heavy (non-hydrogen) atoms. The third kappa shape index (κ3) is 4.75. The Labute approximate surface area is 177 Å². The van der Waals surface area contributed by atoms with Gasteiger partial charge in [0.1, 0.15) is 11.7 Å². The smallest absolute Gasteiger partial charge is 0.263 e. The molecule has 3 aromatic rings. The number of sulfonamides is 1. The number of nitrogens with zero attached hydrogens (tertiary/aromatic N) is 2. The monoisotopic (exact) mass is 446 g/mol. The average molecular weight is 447 g/mol. The number of ether oxygens (including phenoxy) is 2. The Morgan fingerprint density at radius 2 is 2.00 bits per heavy atom. The minimum Gasteiger partial charge on any atom is -0.471 e. The van der Waals surface area contributed by atoms with E-state index in [0.717, 1.165) is 6.42 Å². The van der Waals surface area contributed by atoms with Crippen molar-refractivity contribution in [2.45, 2.75) is 17.4 Å². The van der Waals surface area contributed by atoms with E-state index in [1.165, 1.54) is 41.8 Å². The van der Waals surface area contributed by atoms with Crippen LogP contribution in [0, 0.1) is 0 Å². The third-order valence-corrected chi connectivity index (χ3v) is 6.43. The van der Waals surface area contributed by atoms with Crippen molar-refractivity contribution in [3.05, 3.63) is 59.7 Å². The van der Waals surface area contributed by atoms with Gasteiger partial charge in [0, 0.05) is 29.9 Å². The van der Waals surface area contributed by atoms with Gasteiger partial charge in [0.05, 0.1) is 18.1 Å². The number of benzene rings is 1. The maximum atomic E-state index is 12.7.